The summed E-state index contributed by atoms with van der Waals surface area (Å²) in [5.41, 5.74) is 1.27. The molecule has 0 bridgehead atoms. The highest BCUT2D eigenvalue weighted by Crippen LogP contribution is 2.23. The highest BCUT2D eigenvalue weighted by atomic mass is 32.2. The Morgan fingerprint density at radius 3 is 2.30 bits per heavy atom. The predicted molar refractivity (Wildman–Crippen MR) is 154 cm³/mol. The molecule has 3 aromatic carbocycles. The maximum Gasteiger partial charge on any atom is 0.244 e. The number of nitrogens with zero attached hydrogens (tertiary/aromatic N) is 2. The van der Waals surface area contributed by atoms with Gasteiger partial charge in [0.25, 0.3) is 0 Å². The largest absolute Gasteiger partial charge is 0.497 e. The summed E-state index contributed by atoms with van der Waals surface area (Å²) in [5, 5.41) is 2.92. The third-order valence-corrected chi connectivity index (χ3v) is 7.51. The van der Waals surface area contributed by atoms with E-state index in [1.165, 1.54) is 30.2 Å². The molecule has 2 amide bonds. The lowest BCUT2D eigenvalue weighted by atomic mass is 10.0. The van der Waals surface area contributed by atoms with Crippen LogP contribution in [0.3, 0.4) is 0 Å². The van der Waals surface area contributed by atoms with E-state index in [0.29, 0.717) is 17.9 Å². The summed E-state index contributed by atoms with van der Waals surface area (Å²) in [7, 11) is -2.52. The summed E-state index contributed by atoms with van der Waals surface area (Å²) in [6, 6.07) is 20.8. The summed E-state index contributed by atoms with van der Waals surface area (Å²) < 4.78 is 46.2. The molecule has 40 heavy (non-hydrogen) atoms. The molecule has 214 valence electrons. The number of benzene rings is 3. The number of nitrogens with one attached hydrogen (secondary N) is 1. The highest BCUT2D eigenvalue weighted by Gasteiger charge is 2.33. The van der Waals surface area contributed by atoms with Crippen LogP contribution in [0.25, 0.3) is 0 Å². The molecule has 0 aliphatic heterocycles. The van der Waals surface area contributed by atoms with E-state index in [9.17, 15) is 22.4 Å². The van der Waals surface area contributed by atoms with Crippen LogP contribution in [0.5, 0.6) is 5.75 Å². The molecule has 0 radical (unpaired) electrons. The van der Waals surface area contributed by atoms with Gasteiger partial charge in [-0.1, -0.05) is 67.9 Å². The molecular formula is C30H36FN3O5S. The Balaban J connectivity index is 2.05. The minimum atomic E-state index is -4.05. The molecule has 0 saturated heterocycles. The number of anilines is 1. The average Bonchev–Trinajstić information content (AvgIpc) is 2.94. The van der Waals surface area contributed by atoms with Crippen molar-refractivity contribution >= 4 is 27.5 Å². The number of hydrogen-bond donors (Lipinski definition) is 1. The predicted octanol–water partition coefficient (Wildman–Crippen LogP) is 4.16. The van der Waals surface area contributed by atoms with Crippen LogP contribution in [0.2, 0.25) is 0 Å². The molecule has 1 N–H and O–H groups in total. The number of halogens is 1. The van der Waals surface area contributed by atoms with Crippen molar-refractivity contribution in [3.63, 3.8) is 0 Å². The van der Waals surface area contributed by atoms with Gasteiger partial charge >= 0.3 is 0 Å². The van der Waals surface area contributed by atoms with Crippen LogP contribution < -0.4 is 14.4 Å². The number of methoxy groups -OCH3 is 1. The van der Waals surface area contributed by atoms with Crippen LogP contribution in [0.4, 0.5) is 10.1 Å². The second-order valence-electron chi connectivity index (χ2n) is 9.44. The topological polar surface area (TPSA) is 96.0 Å². The molecule has 10 heteroatoms. The third-order valence-electron chi connectivity index (χ3n) is 6.39. The normalized spacial score (nSPS) is 11.9. The van der Waals surface area contributed by atoms with Gasteiger partial charge in [0.1, 0.15) is 24.2 Å². The number of ether oxygens (including phenoxy) is 1. The molecule has 3 aromatic rings. The van der Waals surface area contributed by atoms with Gasteiger partial charge in [0, 0.05) is 19.5 Å². The van der Waals surface area contributed by atoms with Crippen molar-refractivity contribution in [3.8, 4) is 5.75 Å². The highest BCUT2D eigenvalue weighted by molar-refractivity contribution is 7.92. The van der Waals surface area contributed by atoms with Gasteiger partial charge in [-0.25, -0.2) is 12.8 Å². The van der Waals surface area contributed by atoms with Gasteiger partial charge in [-0.15, -0.1) is 0 Å². The van der Waals surface area contributed by atoms with Gasteiger partial charge < -0.3 is 15.0 Å². The van der Waals surface area contributed by atoms with Crippen LogP contribution in [-0.4, -0.2) is 57.6 Å². The molecule has 8 nitrogen and oxygen atoms in total. The van der Waals surface area contributed by atoms with Crippen molar-refractivity contribution in [2.75, 3.05) is 30.8 Å². The van der Waals surface area contributed by atoms with Crippen molar-refractivity contribution in [2.45, 2.75) is 38.8 Å². The number of sulfonamides is 1. The Bertz CT molecular complexity index is 1380. The van der Waals surface area contributed by atoms with Crippen molar-refractivity contribution < 1.29 is 27.1 Å². The first-order valence-corrected chi connectivity index (χ1v) is 14.9. The van der Waals surface area contributed by atoms with E-state index in [-0.39, 0.29) is 24.6 Å². The van der Waals surface area contributed by atoms with Gasteiger partial charge in [-0.3, -0.25) is 13.9 Å². The van der Waals surface area contributed by atoms with Crippen LogP contribution in [0.15, 0.2) is 78.9 Å². The third kappa shape index (κ3) is 8.54. The number of rotatable bonds is 14. The molecule has 0 aromatic heterocycles. The zero-order valence-corrected chi connectivity index (χ0v) is 23.9. The molecule has 0 saturated carbocycles. The molecule has 0 aliphatic carbocycles. The number of para-hydroxylation sites is 1. The fourth-order valence-electron chi connectivity index (χ4n) is 4.28. The Morgan fingerprint density at radius 1 is 0.975 bits per heavy atom. The fraction of sp³-hybridized carbons (Fsp3) is 0.333. The fourth-order valence-corrected chi connectivity index (χ4v) is 5.13. The second kappa shape index (κ2) is 14.5. The lowest BCUT2D eigenvalue weighted by molar-refractivity contribution is -0.140. The van der Waals surface area contributed by atoms with E-state index in [1.54, 1.807) is 24.3 Å². The molecule has 0 unspecified atom stereocenters. The molecule has 1 atom stereocenters. The SMILES string of the molecule is CCCCNC(=O)[C@@H](Cc1ccccc1)N(Cc1cccc(OC)c1)C(=O)CN(c1ccccc1F)S(C)(=O)=O. The summed E-state index contributed by atoms with van der Waals surface area (Å²) >= 11 is 0. The van der Waals surface area contributed by atoms with Gasteiger partial charge in [0.15, 0.2) is 0 Å². The van der Waals surface area contributed by atoms with Gasteiger partial charge in [-0.05, 0) is 41.8 Å². The van der Waals surface area contributed by atoms with Gasteiger partial charge in [0.05, 0.1) is 19.1 Å². The van der Waals surface area contributed by atoms with Crippen LogP contribution >= 0.6 is 0 Å². The molecule has 3 rings (SSSR count). The molecule has 0 heterocycles. The van der Waals surface area contributed by atoms with Crippen molar-refractivity contribution in [1.82, 2.24) is 10.2 Å². The van der Waals surface area contributed by atoms with Gasteiger partial charge in [0.2, 0.25) is 21.8 Å². The molecule has 0 spiro atoms. The van der Waals surface area contributed by atoms with Crippen molar-refractivity contribution in [2.24, 2.45) is 0 Å². The van der Waals surface area contributed by atoms with Crippen molar-refractivity contribution in [1.29, 1.82) is 0 Å². The average molecular weight is 570 g/mol. The smallest absolute Gasteiger partial charge is 0.244 e. The maximum atomic E-state index is 14.7. The number of hydrogen-bond acceptors (Lipinski definition) is 5. The van der Waals surface area contributed by atoms with E-state index in [2.05, 4.69) is 5.32 Å². The Labute approximate surface area is 235 Å². The summed E-state index contributed by atoms with van der Waals surface area (Å²) in [5.74, 6) is -1.22. The summed E-state index contributed by atoms with van der Waals surface area (Å²) in [6.07, 6.45) is 2.76. The van der Waals surface area contributed by atoms with Crippen molar-refractivity contribution in [3.05, 3.63) is 95.8 Å². The Kier molecular flexibility index (Phi) is 11.1. The minimum Gasteiger partial charge on any atom is -0.497 e. The lowest BCUT2D eigenvalue weighted by Gasteiger charge is -2.33. The number of amides is 2. The van der Waals surface area contributed by atoms with E-state index in [0.717, 1.165) is 35.0 Å². The first kappa shape index (κ1) is 30.6. The standard InChI is InChI=1S/C30H36FN3O5S/c1-4-5-18-32-30(36)28(20-23-12-7-6-8-13-23)33(21-24-14-11-15-25(19-24)39-2)29(35)22-34(40(3,37)38)27-17-10-9-16-26(27)31/h6-17,19,28H,4-5,18,20-22H2,1-3H3,(H,32,36)/t28-/m1/s1. The van der Waals surface area contributed by atoms with E-state index in [1.807, 2.05) is 37.3 Å². The zero-order chi connectivity index (χ0) is 29.1. The van der Waals surface area contributed by atoms with E-state index >= 15 is 0 Å². The van der Waals surface area contributed by atoms with Gasteiger partial charge in [-0.2, -0.15) is 0 Å². The summed E-state index contributed by atoms with van der Waals surface area (Å²) in [4.78, 5) is 28.9. The van der Waals surface area contributed by atoms with Crippen LogP contribution in [0.1, 0.15) is 30.9 Å². The van der Waals surface area contributed by atoms with E-state index < -0.39 is 34.3 Å². The minimum absolute atomic E-state index is 0.00358. The molecule has 0 aliphatic rings. The Hall–Kier alpha value is -3.92. The van der Waals surface area contributed by atoms with Crippen LogP contribution in [-0.2, 0) is 32.6 Å². The number of carbonyl (C=O) groups is 2. The van der Waals surface area contributed by atoms with E-state index in [4.69, 9.17) is 4.74 Å². The lowest BCUT2D eigenvalue weighted by Crippen LogP contribution is -2.53. The summed E-state index contributed by atoms with van der Waals surface area (Å²) in [6.45, 7) is 1.77. The Morgan fingerprint density at radius 2 is 1.65 bits per heavy atom. The van der Waals surface area contributed by atoms with Crippen LogP contribution in [0, 0.1) is 5.82 Å². The first-order valence-electron chi connectivity index (χ1n) is 13.1. The zero-order valence-electron chi connectivity index (χ0n) is 23.0. The first-order chi connectivity index (χ1) is 19.1. The maximum absolute atomic E-state index is 14.7. The number of carbonyl (C=O) groups excluding carboxylic acids is 2. The quantitative estimate of drug-likeness (QED) is 0.294. The molecule has 0 fully saturated rings. The second-order valence-corrected chi connectivity index (χ2v) is 11.4. The number of unbranched alkanes of at least 4 members (excludes halogenated alkanes) is 1. The molecular weight excluding hydrogens is 533 g/mol. The monoisotopic (exact) mass is 569 g/mol.